The molecule has 2 heterocycles. The third-order valence-electron chi connectivity index (χ3n) is 4.78. The molecule has 0 saturated carbocycles. The fraction of sp³-hybridized carbons (Fsp3) is 0.182. The highest BCUT2D eigenvalue weighted by Crippen LogP contribution is 2.45. The van der Waals surface area contributed by atoms with Crippen molar-refractivity contribution in [3.8, 4) is 11.5 Å². The lowest BCUT2D eigenvalue weighted by Gasteiger charge is -2.29. The van der Waals surface area contributed by atoms with Gasteiger partial charge in [-0.3, -0.25) is 4.98 Å². The number of esters is 1. The topological polar surface area (TPSA) is 83.7 Å². The van der Waals surface area contributed by atoms with E-state index >= 15 is 0 Å². The molecule has 0 bridgehead atoms. The van der Waals surface area contributed by atoms with E-state index < -0.39 is 11.9 Å². The van der Waals surface area contributed by atoms with E-state index in [4.69, 9.17) is 19.9 Å². The van der Waals surface area contributed by atoms with Gasteiger partial charge in [0.05, 0.1) is 19.6 Å². The largest absolute Gasteiger partial charge is 0.497 e. The molecule has 2 aromatic carbocycles. The second-order valence-corrected chi connectivity index (χ2v) is 6.37. The number of fused-ring (bicyclic) bond motifs is 3. The number of benzene rings is 2. The Kier molecular flexibility index (Phi) is 4.61. The number of methoxy groups -OCH3 is 1. The zero-order valence-corrected chi connectivity index (χ0v) is 15.6. The van der Waals surface area contributed by atoms with Crippen LogP contribution in [0.4, 0.5) is 0 Å². The van der Waals surface area contributed by atoms with Crippen LogP contribution in [0.15, 0.2) is 66.2 Å². The molecule has 1 aliphatic heterocycles. The molecule has 0 radical (unpaired) electrons. The van der Waals surface area contributed by atoms with Crippen molar-refractivity contribution < 1.29 is 19.0 Å². The van der Waals surface area contributed by atoms with Crippen molar-refractivity contribution in [3.63, 3.8) is 0 Å². The van der Waals surface area contributed by atoms with Crippen LogP contribution in [0.1, 0.15) is 24.0 Å². The first-order valence-electron chi connectivity index (χ1n) is 9.00. The molecular weight excluding hydrogens is 356 g/mol. The van der Waals surface area contributed by atoms with E-state index in [1.807, 2.05) is 48.5 Å². The minimum absolute atomic E-state index is 0.0323. The van der Waals surface area contributed by atoms with E-state index in [1.165, 1.54) is 0 Å². The molecule has 0 saturated heterocycles. The summed E-state index contributed by atoms with van der Waals surface area (Å²) in [5.41, 5.74) is 8.88. The molecule has 0 fully saturated rings. The second kappa shape index (κ2) is 7.23. The predicted octanol–water partition coefficient (Wildman–Crippen LogP) is 3.50. The van der Waals surface area contributed by atoms with E-state index in [2.05, 4.69) is 4.98 Å². The normalized spacial score (nSPS) is 15.7. The smallest absolute Gasteiger partial charge is 0.340 e. The molecule has 1 aromatic heterocycles. The second-order valence-electron chi connectivity index (χ2n) is 6.37. The highest BCUT2D eigenvalue weighted by Gasteiger charge is 2.36. The Labute approximate surface area is 162 Å². The predicted molar refractivity (Wildman–Crippen MR) is 105 cm³/mol. The maximum Gasteiger partial charge on any atom is 0.340 e. The van der Waals surface area contributed by atoms with Crippen molar-refractivity contribution in [1.29, 1.82) is 0 Å². The number of hydrogen-bond donors (Lipinski definition) is 1. The zero-order chi connectivity index (χ0) is 19.7. The summed E-state index contributed by atoms with van der Waals surface area (Å²) in [4.78, 5) is 17.2. The Morgan fingerprint density at radius 3 is 2.68 bits per heavy atom. The average molecular weight is 376 g/mol. The summed E-state index contributed by atoms with van der Waals surface area (Å²) in [6.45, 7) is 2.00. The number of aromatic nitrogens is 1. The van der Waals surface area contributed by atoms with Gasteiger partial charge in [0, 0.05) is 17.1 Å². The summed E-state index contributed by atoms with van der Waals surface area (Å²) < 4.78 is 16.4. The van der Waals surface area contributed by atoms with Gasteiger partial charge in [0.2, 0.25) is 5.88 Å². The molecule has 28 heavy (non-hydrogen) atoms. The quantitative estimate of drug-likeness (QED) is 0.702. The maximum absolute atomic E-state index is 12.7. The Hall–Kier alpha value is -3.54. The lowest BCUT2D eigenvalue weighted by molar-refractivity contribution is -0.139. The van der Waals surface area contributed by atoms with Crippen LogP contribution < -0.4 is 15.2 Å². The van der Waals surface area contributed by atoms with E-state index in [0.717, 1.165) is 22.3 Å². The first kappa shape index (κ1) is 17.9. The lowest BCUT2D eigenvalue weighted by Crippen LogP contribution is -2.27. The lowest BCUT2D eigenvalue weighted by atomic mass is 9.82. The summed E-state index contributed by atoms with van der Waals surface area (Å²) in [7, 11) is 1.61. The number of pyridine rings is 1. The fourth-order valence-electron chi connectivity index (χ4n) is 3.50. The number of carbonyl (C=O) groups excluding carboxylic acids is 1. The standard InChI is InChI=1S/C22H20N2O4/c1-3-27-22(25)18-17(13-6-9-15(26-2)10-7-13)16-11-8-14-5-4-12-24-19(14)20(16)28-21(18)23/h4-12,17H,3,23H2,1-2H3. The van der Waals surface area contributed by atoms with E-state index in [-0.39, 0.29) is 18.1 Å². The molecule has 1 atom stereocenters. The molecule has 6 nitrogen and oxygen atoms in total. The maximum atomic E-state index is 12.7. The van der Waals surface area contributed by atoms with Gasteiger partial charge < -0.3 is 19.9 Å². The number of hydrogen-bond acceptors (Lipinski definition) is 6. The molecule has 4 rings (SSSR count). The molecule has 2 N–H and O–H groups in total. The SMILES string of the molecule is CCOC(=O)C1=C(N)Oc2c(ccc3cccnc23)C1c1ccc(OC)cc1. The highest BCUT2D eigenvalue weighted by atomic mass is 16.5. The van der Waals surface area contributed by atoms with E-state index in [1.54, 1.807) is 20.2 Å². The monoisotopic (exact) mass is 376 g/mol. The van der Waals surface area contributed by atoms with Gasteiger partial charge in [0.1, 0.15) is 16.8 Å². The molecule has 3 aromatic rings. The molecular formula is C22H20N2O4. The van der Waals surface area contributed by atoms with Gasteiger partial charge in [-0.15, -0.1) is 0 Å². The number of nitrogens with two attached hydrogens (primary N) is 1. The van der Waals surface area contributed by atoms with Crippen LogP contribution >= 0.6 is 0 Å². The van der Waals surface area contributed by atoms with E-state index in [0.29, 0.717) is 11.3 Å². The zero-order valence-electron chi connectivity index (χ0n) is 15.6. The Morgan fingerprint density at radius 1 is 1.18 bits per heavy atom. The van der Waals surface area contributed by atoms with Gasteiger partial charge in [-0.1, -0.05) is 30.3 Å². The van der Waals surface area contributed by atoms with Gasteiger partial charge in [-0.05, 0) is 30.7 Å². The number of carbonyl (C=O) groups is 1. The Balaban J connectivity index is 1.94. The summed E-state index contributed by atoms with van der Waals surface area (Å²) >= 11 is 0. The minimum atomic E-state index is -0.493. The van der Waals surface area contributed by atoms with Gasteiger partial charge in [0.25, 0.3) is 0 Å². The van der Waals surface area contributed by atoms with Crippen molar-refractivity contribution in [2.24, 2.45) is 5.73 Å². The third kappa shape index (κ3) is 2.93. The molecule has 6 heteroatoms. The van der Waals surface area contributed by atoms with E-state index in [9.17, 15) is 4.79 Å². The van der Waals surface area contributed by atoms with Crippen LogP contribution in [0.5, 0.6) is 11.5 Å². The van der Waals surface area contributed by atoms with Crippen LogP contribution in [0.25, 0.3) is 10.9 Å². The van der Waals surface area contributed by atoms with Gasteiger partial charge in [-0.2, -0.15) is 0 Å². The van der Waals surface area contributed by atoms with Crippen LogP contribution in [0.3, 0.4) is 0 Å². The average Bonchev–Trinajstić information content (AvgIpc) is 2.73. The molecule has 0 amide bonds. The number of nitrogens with zero attached hydrogens (tertiary/aromatic N) is 1. The van der Waals surface area contributed by atoms with Crippen LogP contribution in [-0.4, -0.2) is 24.7 Å². The van der Waals surface area contributed by atoms with Crippen LogP contribution in [-0.2, 0) is 9.53 Å². The number of rotatable bonds is 4. The molecule has 0 spiro atoms. The van der Waals surface area contributed by atoms with Crippen molar-refractivity contribution in [1.82, 2.24) is 4.98 Å². The molecule has 1 aliphatic rings. The van der Waals surface area contributed by atoms with Crippen LogP contribution in [0, 0.1) is 0 Å². The first-order chi connectivity index (χ1) is 13.6. The minimum Gasteiger partial charge on any atom is -0.497 e. The van der Waals surface area contributed by atoms with Crippen molar-refractivity contribution in [3.05, 3.63) is 77.3 Å². The Bertz CT molecular complexity index is 1070. The molecule has 1 unspecified atom stereocenters. The highest BCUT2D eigenvalue weighted by molar-refractivity contribution is 5.95. The summed E-state index contributed by atoms with van der Waals surface area (Å²) in [5, 5.41) is 0.933. The van der Waals surface area contributed by atoms with Gasteiger partial charge in [-0.25, -0.2) is 4.79 Å². The first-order valence-corrected chi connectivity index (χ1v) is 9.00. The molecule has 142 valence electrons. The van der Waals surface area contributed by atoms with Gasteiger partial charge >= 0.3 is 5.97 Å². The van der Waals surface area contributed by atoms with Crippen molar-refractivity contribution >= 4 is 16.9 Å². The molecule has 0 aliphatic carbocycles. The summed E-state index contributed by atoms with van der Waals surface area (Å²) in [5.74, 6) is 0.396. The number of ether oxygens (including phenoxy) is 3. The van der Waals surface area contributed by atoms with Crippen LogP contribution in [0.2, 0.25) is 0 Å². The fourth-order valence-corrected chi connectivity index (χ4v) is 3.50. The van der Waals surface area contributed by atoms with Gasteiger partial charge in [0.15, 0.2) is 5.75 Å². The Morgan fingerprint density at radius 2 is 1.96 bits per heavy atom. The summed E-state index contributed by atoms with van der Waals surface area (Å²) in [6.07, 6.45) is 1.70. The summed E-state index contributed by atoms with van der Waals surface area (Å²) in [6, 6.07) is 15.2. The van der Waals surface area contributed by atoms with Crippen molar-refractivity contribution in [2.75, 3.05) is 13.7 Å². The van der Waals surface area contributed by atoms with Crippen molar-refractivity contribution in [2.45, 2.75) is 12.8 Å². The third-order valence-corrected chi connectivity index (χ3v) is 4.78.